The Bertz CT molecular complexity index is 1060. The number of benzene rings is 2. The average Bonchev–Trinajstić information content (AvgIpc) is 3.27. The van der Waals surface area contributed by atoms with E-state index in [9.17, 15) is 14.4 Å². The fourth-order valence-electron chi connectivity index (χ4n) is 2.66. The SMILES string of the molecule is CCNC(=O)c1cccc(NC(=O)C(=Cc2ccco2)NC(=O)c2ccccc2)c1. The van der Waals surface area contributed by atoms with Gasteiger partial charge in [-0.05, 0) is 49.4 Å². The maximum absolute atomic E-state index is 12.9. The van der Waals surface area contributed by atoms with Crippen LogP contribution in [-0.4, -0.2) is 24.3 Å². The lowest BCUT2D eigenvalue weighted by Crippen LogP contribution is -2.30. The van der Waals surface area contributed by atoms with E-state index in [0.717, 1.165) is 0 Å². The van der Waals surface area contributed by atoms with Gasteiger partial charge in [-0.15, -0.1) is 0 Å². The van der Waals surface area contributed by atoms with Gasteiger partial charge in [0, 0.05) is 29.4 Å². The molecule has 3 aromatic rings. The first-order valence-corrected chi connectivity index (χ1v) is 9.38. The zero-order chi connectivity index (χ0) is 21.3. The van der Waals surface area contributed by atoms with Crippen molar-refractivity contribution < 1.29 is 18.8 Å². The van der Waals surface area contributed by atoms with Gasteiger partial charge < -0.3 is 20.4 Å². The largest absolute Gasteiger partial charge is 0.465 e. The van der Waals surface area contributed by atoms with Gasteiger partial charge in [-0.3, -0.25) is 14.4 Å². The molecular weight excluding hydrogens is 382 g/mol. The lowest BCUT2D eigenvalue weighted by Gasteiger charge is -2.11. The standard InChI is InChI=1S/C23H21N3O4/c1-2-24-21(27)17-10-6-11-18(14-17)25-23(29)20(15-19-12-7-13-30-19)26-22(28)16-8-4-3-5-9-16/h3-15H,2H2,1H3,(H,24,27)(H,25,29)(H,26,28). The van der Waals surface area contributed by atoms with E-state index in [1.807, 2.05) is 6.92 Å². The molecule has 0 saturated carbocycles. The molecular formula is C23H21N3O4. The van der Waals surface area contributed by atoms with Gasteiger partial charge in [0.05, 0.1) is 6.26 Å². The van der Waals surface area contributed by atoms with Gasteiger partial charge in [0.15, 0.2) is 0 Å². The molecule has 0 aliphatic heterocycles. The number of furan rings is 1. The van der Waals surface area contributed by atoms with Crippen LogP contribution in [-0.2, 0) is 4.79 Å². The summed E-state index contributed by atoms with van der Waals surface area (Å²) in [4.78, 5) is 37.4. The first kappa shape index (κ1) is 20.6. The van der Waals surface area contributed by atoms with E-state index >= 15 is 0 Å². The number of carbonyl (C=O) groups is 3. The normalized spacial score (nSPS) is 10.9. The molecule has 1 aromatic heterocycles. The van der Waals surface area contributed by atoms with Crippen molar-refractivity contribution in [2.75, 3.05) is 11.9 Å². The summed E-state index contributed by atoms with van der Waals surface area (Å²) in [5.74, 6) is -0.815. The van der Waals surface area contributed by atoms with Gasteiger partial charge >= 0.3 is 0 Å². The van der Waals surface area contributed by atoms with E-state index < -0.39 is 11.8 Å². The molecule has 0 aliphatic rings. The number of nitrogens with one attached hydrogen (secondary N) is 3. The van der Waals surface area contributed by atoms with Gasteiger partial charge in [0.1, 0.15) is 11.5 Å². The van der Waals surface area contributed by atoms with Crippen molar-refractivity contribution in [1.29, 1.82) is 0 Å². The van der Waals surface area contributed by atoms with Crippen molar-refractivity contribution in [3.8, 4) is 0 Å². The van der Waals surface area contributed by atoms with Gasteiger partial charge in [-0.1, -0.05) is 24.3 Å². The average molecular weight is 403 g/mol. The Balaban J connectivity index is 1.82. The van der Waals surface area contributed by atoms with E-state index in [-0.39, 0.29) is 11.6 Å². The van der Waals surface area contributed by atoms with Crippen molar-refractivity contribution in [2.24, 2.45) is 0 Å². The third-order valence-corrected chi connectivity index (χ3v) is 4.08. The molecule has 0 spiro atoms. The van der Waals surface area contributed by atoms with E-state index in [4.69, 9.17) is 4.42 Å². The Morgan fingerprint density at radius 2 is 1.67 bits per heavy atom. The second-order valence-corrected chi connectivity index (χ2v) is 6.29. The molecule has 3 rings (SSSR count). The van der Waals surface area contributed by atoms with Crippen LogP contribution in [0.25, 0.3) is 6.08 Å². The Kier molecular flexibility index (Phi) is 6.78. The summed E-state index contributed by atoms with van der Waals surface area (Å²) < 4.78 is 5.27. The van der Waals surface area contributed by atoms with Gasteiger partial charge in [-0.25, -0.2) is 0 Å². The molecule has 152 valence electrons. The Morgan fingerprint density at radius 3 is 2.37 bits per heavy atom. The topological polar surface area (TPSA) is 100 Å². The fraction of sp³-hybridized carbons (Fsp3) is 0.0870. The Morgan fingerprint density at radius 1 is 0.900 bits per heavy atom. The third-order valence-electron chi connectivity index (χ3n) is 4.08. The van der Waals surface area contributed by atoms with E-state index in [2.05, 4.69) is 16.0 Å². The highest BCUT2D eigenvalue weighted by atomic mass is 16.3. The molecule has 1 heterocycles. The van der Waals surface area contributed by atoms with Crippen LogP contribution in [0.15, 0.2) is 83.1 Å². The highest BCUT2D eigenvalue weighted by molar-refractivity contribution is 6.10. The molecule has 0 aliphatic carbocycles. The molecule has 0 saturated heterocycles. The van der Waals surface area contributed by atoms with Crippen LogP contribution < -0.4 is 16.0 Å². The monoisotopic (exact) mass is 403 g/mol. The minimum atomic E-state index is -0.552. The van der Waals surface area contributed by atoms with Crippen LogP contribution >= 0.6 is 0 Å². The molecule has 3 amide bonds. The van der Waals surface area contributed by atoms with Crippen LogP contribution in [0.3, 0.4) is 0 Å². The molecule has 7 heteroatoms. The predicted octanol–water partition coefficient (Wildman–Crippen LogP) is 3.44. The summed E-state index contributed by atoms with van der Waals surface area (Å²) in [5, 5.41) is 8.03. The molecule has 0 fully saturated rings. The highest BCUT2D eigenvalue weighted by Crippen LogP contribution is 2.14. The lowest BCUT2D eigenvalue weighted by molar-refractivity contribution is -0.113. The summed E-state index contributed by atoms with van der Waals surface area (Å²) in [6, 6.07) is 18.4. The summed E-state index contributed by atoms with van der Waals surface area (Å²) >= 11 is 0. The van der Waals surface area contributed by atoms with Crippen molar-refractivity contribution in [1.82, 2.24) is 10.6 Å². The van der Waals surface area contributed by atoms with Crippen LogP contribution in [0.4, 0.5) is 5.69 Å². The molecule has 0 unspecified atom stereocenters. The molecule has 2 aromatic carbocycles. The van der Waals surface area contributed by atoms with Crippen molar-refractivity contribution in [3.05, 3.63) is 95.6 Å². The maximum Gasteiger partial charge on any atom is 0.272 e. The molecule has 0 atom stereocenters. The van der Waals surface area contributed by atoms with E-state index in [0.29, 0.717) is 29.1 Å². The lowest BCUT2D eigenvalue weighted by atomic mass is 10.1. The van der Waals surface area contributed by atoms with Crippen LogP contribution in [0.2, 0.25) is 0 Å². The van der Waals surface area contributed by atoms with Crippen molar-refractivity contribution in [3.63, 3.8) is 0 Å². The molecule has 3 N–H and O–H groups in total. The molecule has 0 bridgehead atoms. The van der Waals surface area contributed by atoms with Crippen LogP contribution in [0.1, 0.15) is 33.4 Å². The molecule has 0 radical (unpaired) electrons. The number of hydrogen-bond donors (Lipinski definition) is 3. The second kappa shape index (κ2) is 9.88. The maximum atomic E-state index is 12.9. The van der Waals surface area contributed by atoms with Gasteiger partial charge in [-0.2, -0.15) is 0 Å². The molecule has 7 nitrogen and oxygen atoms in total. The Hall–Kier alpha value is -4.13. The van der Waals surface area contributed by atoms with Crippen LogP contribution in [0, 0.1) is 0 Å². The van der Waals surface area contributed by atoms with Crippen molar-refractivity contribution in [2.45, 2.75) is 6.92 Å². The third kappa shape index (κ3) is 5.45. The number of hydrogen-bond acceptors (Lipinski definition) is 4. The quantitative estimate of drug-likeness (QED) is 0.526. The first-order valence-electron chi connectivity index (χ1n) is 9.38. The summed E-state index contributed by atoms with van der Waals surface area (Å²) in [7, 11) is 0. The summed E-state index contributed by atoms with van der Waals surface area (Å²) in [6.07, 6.45) is 2.90. The van der Waals surface area contributed by atoms with E-state index in [1.165, 1.54) is 12.3 Å². The van der Waals surface area contributed by atoms with Gasteiger partial charge in [0.25, 0.3) is 17.7 Å². The first-order chi connectivity index (χ1) is 14.6. The van der Waals surface area contributed by atoms with Gasteiger partial charge in [0.2, 0.25) is 0 Å². The summed E-state index contributed by atoms with van der Waals surface area (Å²) in [5.41, 5.74) is 1.25. The predicted molar refractivity (Wildman–Crippen MR) is 114 cm³/mol. The zero-order valence-corrected chi connectivity index (χ0v) is 16.3. The van der Waals surface area contributed by atoms with E-state index in [1.54, 1.807) is 66.7 Å². The minimum absolute atomic E-state index is 0.00205. The number of carbonyl (C=O) groups excluding carboxylic acids is 3. The van der Waals surface area contributed by atoms with Crippen LogP contribution in [0.5, 0.6) is 0 Å². The number of amides is 3. The minimum Gasteiger partial charge on any atom is -0.465 e. The second-order valence-electron chi connectivity index (χ2n) is 6.29. The Labute approximate surface area is 173 Å². The number of rotatable bonds is 7. The zero-order valence-electron chi connectivity index (χ0n) is 16.3. The smallest absolute Gasteiger partial charge is 0.272 e. The fourth-order valence-corrected chi connectivity index (χ4v) is 2.66. The highest BCUT2D eigenvalue weighted by Gasteiger charge is 2.16. The number of anilines is 1. The molecule has 30 heavy (non-hydrogen) atoms. The van der Waals surface area contributed by atoms with Crippen molar-refractivity contribution >= 4 is 29.5 Å². The summed E-state index contributed by atoms with van der Waals surface area (Å²) in [6.45, 7) is 2.32.